The highest BCUT2D eigenvalue weighted by molar-refractivity contribution is 5.82. The van der Waals surface area contributed by atoms with Gasteiger partial charge in [-0.3, -0.25) is 9.69 Å². The number of carbonyl (C=O) groups excluding carboxylic acids is 1. The van der Waals surface area contributed by atoms with Gasteiger partial charge in [-0.25, -0.2) is 0 Å². The molecule has 15 heavy (non-hydrogen) atoms. The van der Waals surface area contributed by atoms with Crippen LogP contribution in [0.2, 0.25) is 0 Å². The Bertz CT molecular complexity index is 270. The molecule has 2 aliphatic rings. The molecule has 0 amide bonds. The van der Waals surface area contributed by atoms with Gasteiger partial charge in [-0.15, -0.1) is 0 Å². The van der Waals surface area contributed by atoms with Crippen molar-refractivity contribution in [3.8, 4) is 0 Å². The number of Topliss-reactive ketones (excluding diaryl/α,β-unsaturated/α-hetero) is 1. The molecule has 2 rings (SSSR count). The smallest absolute Gasteiger partial charge is 0.138 e. The van der Waals surface area contributed by atoms with Gasteiger partial charge in [0.1, 0.15) is 5.78 Å². The topological polar surface area (TPSA) is 20.3 Å². The Morgan fingerprint density at radius 1 is 1.33 bits per heavy atom. The van der Waals surface area contributed by atoms with Crippen molar-refractivity contribution >= 4 is 5.78 Å². The van der Waals surface area contributed by atoms with Gasteiger partial charge in [0.05, 0.1) is 0 Å². The van der Waals surface area contributed by atoms with Gasteiger partial charge in [0, 0.05) is 31.0 Å². The van der Waals surface area contributed by atoms with Gasteiger partial charge < -0.3 is 0 Å². The van der Waals surface area contributed by atoms with Crippen LogP contribution in [0.25, 0.3) is 0 Å². The molecule has 0 aromatic carbocycles. The molecule has 84 valence electrons. The summed E-state index contributed by atoms with van der Waals surface area (Å²) in [6, 6.07) is 1.11. The first kappa shape index (κ1) is 10.9. The van der Waals surface area contributed by atoms with E-state index >= 15 is 0 Å². The van der Waals surface area contributed by atoms with Crippen molar-refractivity contribution in [3.63, 3.8) is 0 Å². The number of likely N-dealkylation sites (tertiary alicyclic amines) is 1. The summed E-state index contributed by atoms with van der Waals surface area (Å²) in [4.78, 5) is 14.1. The largest absolute Gasteiger partial charge is 0.299 e. The summed E-state index contributed by atoms with van der Waals surface area (Å²) < 4.78 is 0. The molecule has 2 nitrogen and oxygen atoms in total. The van der Waals surface area contributed by atoms with E-state index in [1.54, 1.807) is 0 Å². The Hall–Kier alpha value is -0.630. The van der Waals surface area contributed by atoms with Gasteiger partial charge in [0.25, 0.3) is 0 Å². The average molecular weight is 207 g/mol. The fourth-order valence-corrected chi connectivity index (χ4v) is 2.82. The number of carbonyl (C=O) groups is 1. The second-order valence-electron chi connectivity index (χ2n) is 4.92. The van der Waals surface area contributed by atoms with Crippen LogP contribution in [0.3, 0.4) is 0 Å². The quantitative estimate of drug-likeness (QED) is 0.615. The van der Waals surface area contributed by atoms with Crippen molar-refractivity contribution < 1.29 is 4.79 Å². The second-order valence-corrected chi connectivity index (χ2v) is 4.92. The first-order chi connectivity index (χ1) is 7.20. The summed E-state index contributed by atoms with van der Waals surface area (Å²) in [6.45, 7) is 5.26. The zero-order valence-corrected chi connectivity index (χ0v) is 9.78. The average Bonchev–Trinajstić information content (AvgIpc) is 2.27. The number of ketones is 1. The Morgan fingerprint density at radius 2 is 2.13 bits per heavy atom. The minimum Gasteiger partial charge on any atom is -0.299 e. The van der Waals surface area contributed by atoms with E-state index in [0.29, 0.717) is 17.9 Å². The molecule has 0 aromatic heterocycles. The Kier molecular flexibility index (Phi) is 3.25. The maximum Gasteiger partial charge on any atom is 0.138 e. The summed E-state index contributed by atoms with van der Waals surface area (Å²) in [5, 5.41) is 0. The highest BCUT2D eigenvalue weighted by Gasteiger charge is 2.34. The highest BCUT2D eigenvalue weighted by Crippen LogP contribution is 2.27. The molecule has 1 aliphatic carbocycles. The minimum atomic E-state index is 0.227. The third kappa shape index (κ3) is 2.15. The maximum absolute atomic E-state index is 11.6. The summed E-state index contributed by atoms with van der Waals surface area (Å²) in [7, 11) is 0. The van der Waals surface area contributed by atoms with E-state index in [9.17, 15) is 4.79 Å². The van der Waals surface area contributed by atoms with E-state index in [2.05, 4.69) is 30.9 Å². The number of allylic oxidation sites excluding steroid dienone is 1. The van der Waals surface area contributed by atoms with E-state index in [0.717, 1.165) is 13.0 Å². The molecule has 0 radical (unpaired) electrons. The molecule has 2 heteroatoms. The normalized spacial score (nSPS) is 38.3. The van der Waals surface area contributed by atoms with Crippen LogP contribution in [0, 0.1) is 5.92 Å². The SMILES string of the molecule is CC1C(=O)CCN(C2CC=CCC2)C1C. The molecule has 1 aliphatic heterocycles. The van der Waals surface area contributed by atoms with Crippen molar-refractivity contribution in [2.75, 3.05) is 6.54 Å². The number of piperidine rings is 1. The van der Waals surface area contributed by atoms with Crippen molar-refractivity contribution in [1.82, 2.24) is 4.90 Å². The van der Waals surface area contributed by atoms with Gasteiger partial charge in [0.2, 0.25) is 0 Å². The van der Waals surface area contributed by atoms with Crippen LogP contribution in [-0.4, -0.2) is 29.3 Å². The fraction of sp³-hybridized carbons (Fsp3) is 0.769. The number of hydrogen-bond donors (Lipinski definition) is 0. The first-order valence-corrected chi connectivity index (χ1v) is 6.13. The Balaban J connectivity index is 2.03. The third-order valence-electron chi connectivity index (χ3n) is 4.08. The van der Waals surface area contributed by atoms with Crippen LogP contribution >= 0.6 is 0 Å². The molecule has 0 N–H and O–H groups in total. The molecule has 0 saturated carbocycles. The molecule has 0 bridgehead atoms. The maximum atomic E-state index is 11.6. The van der Waals surface area contributed by atoms with E-state index in [1.165, 1.54) is 19.3 Å². The zero-order valence-electron chi connectivity index (χ0n) is 9.78. The van der Waals surface area contributed by atoms with Crippen molar-refractivity contribution in [1.29, 1.82) is 0 Å². The van der Waals surface area contributed by atoms with E-state index < -0.39 is 0 Å². The standard InChI is InChI=1S/C13H21NO/c1-10-11(2)14(9-8-13(10)15)12-6-4-3-5-7-12/h3-4,10-12H,5-9H2,1-2H3. The predicted octanol–water partition coefficient (Wildman–Crippen LogP) is 2.39. The lowest BCUT2D eigenvalue weighted by molar-refractivity contribution is -0.128. The summed E-state index contributed by atoms with van der Waals surface area (Å²) in [5.41, 5.74) is 0. The molecule has 0 spiro atoms. The van der Waals surface area contributed by atoms with Gasteiger partial charge in [-0.05, 0) is 26.2 Å². The minimum absolute atomic E-state index is 0.227. The number of hydrogen-bond acceptors (Lipinski definition) is 2. The molecule has 1 heterocycles. The number of rotatable bonds is 1. The number of nitrogens with zero attached hydrogens (tertiary/aromatic N) is 1. The van der Waals surface area contributed by atoms with E-state index in [-0.39, 0.29) is 5.92 Å². The Morgan fingerprint density at radius 3 is 2.80 bits per heavy atom. The highest BCUT2D eigenvalue weighted by atomic mass is 16.1. The van der Waals surface area contributed by atoms with Crippen LogP contribution in [0.1, 0.15) is 39.5 Å². The van der Waals surface area contributed by atoms with Crippen molar-refractivity contribution in [2.24, 2.45) is 5.92 Å². The summed E-state index contributed by atoms with van der Waals surface area (Å²) >= 11 is 0. The zero-order chi connectivity index (χ0) is 10.8. The van der Waals surface area contributed by atoms with Gasteiger partial charge in [-0.2, -0.15) is 0 Å². The summed E-state index contributed by atoms with van der Waals surface area (Å²) in [5.74, 6) is 0.676. The molecule has 1 saturated heterocycles. The van der Waals surface area contributed by atoms with Crippen LogP contribution in [0.15, 0.2) is 12.2 Å². The van der Waals surface area contributed by atoms with Crippen LogP contribution in [0.5, 0.6) is 0 Å². The lowest BCUT2D eigenvalue weighted by Gasteiger charge is -2.42. The third-order valence-corrected chi connectivity index (χ3v) is 4.08. The molecular weight excluding hydrogens is 186 g/mol. The molecular formula is C13H21NO. The van der Waals surface area contributed by atoms with Crippen LogP contribution < -0.4 is 0 Å². The van der Waals surface area contributed by atoms with E-state index in [1.807, 2.05) is 0 Å². The predicted molar refractivity (Wildman–Crippen MR) is 61.7 cm³/mol. The molecule has 3 atom stereocenters. The molecule has 1 fully saturated rings. The first-order valence-electron chi connectivity index (χ1n) is 6.13. The van der Waals surface area contributed by atoms with Crippen molar-refractivity contribution in [2.45, 2.75) is 51.6 Å². The Labute approximate surface area is 92.3 Å². The lowest BCUT2D eigenvalue weighted by Crippen LogP contribution is -2.51. The van der Waals surface area contributed by atoms with Crippen molar-refractivity contribution in [3.05, 3.63) is 12.2 Å². The molecule has 3 unspecified atom stereocenters. The van der Waals surface area contributed by atoms with Crippen LogP contribution in [0.4, 0.5) is 0 Å². The summed E-state index contributed by atoms with van der Waals surface area (Å²) in [6.07, 6.45) is 8.97. The van der Waals surface area contributed by atoms with E-state index in [4.69, 9.17) is 0 Å². The lowest BCUT2D eigenvalue weighted by atomic mass is 9.87. The fourth-order valence-electron chi connectivity index (χ4n) is 2.82. The monoisotopic (exact) mass is 207 g/mol. The van der Waals surface area contributed by atoms with Gasteiger partial charge in [-0.1, -0.05) is 19.1 Å². The molecule has 0 aromatic rings. The van der Waals surface area contributed by atoms with Gasteiger partial charge in [0.15, 0.2) is 0 Å². The second kappa shape index (κ2) is 4.48. The van der Waals surface area contributed by atoms with Gasteiger partial charge >= 0.3 is 0 Å². The van der Waals surface area contributed by atoms with Crippen LogP contribution in [-0.2, 0) is 4.79 Å².